The molecule has 0 aromatic rings. The monoisotopic (exact) mass is 213 g/mol. The average Bonchev–Trinajstić information content (AvgIpc) is 2.40. The topological polar surface area (TPSA) is 29.1 Å². The van der Waals surface area contributed by atoms with E-state index in [1.807, 2.05) is 5.32 Å². The summed E-state index contributed by atoms with van der Waals surface area (Å²) in [6, 6.07) is 0. The third-order valence-corrected chi connectivity index (χ3v) is 2.38. The van der Waals surface area contributed by atoms with Gasteiger partial charge in [-0.05, 0) is 12.8 Å². The van der Waals surface area contributed by atoms with Crippen molar-refractivity contribution in [2.45, 2.75) is 31.6 Å². The molecule has 1 atom stereocenters. The Labute approximate surface area is 78.7 Å². The number of hydrogen-bond acceptors (Lipinski definition) is 1. The van der Waals surface area contributed by atoms with Crippen molar-refractivity contribution in [3.8, 4) is 0 Å². The van der Waals surface area contributed by atoms with Gasteiger partial charge in [0.15, 0.2) is 0 Å². The summed E-state index contributed by atoms with van der Waals surface area (Å²) in [5.74, 6) is -5.30. The fraction of sp³-hybridized carbons (Fsp3) is 0.875. The second-order valence-electron chi connectivity index (χ2n) is 3.40. The maximum atomic E-state index is 12.9. The van der Waals surface area contributed by atoms with E-state index in [2.05, 4.69) is 0 Å². The minimum atomic E-state index is -3.13. The molecule has 0 aliphatic heterocycles. The first kappa shape index (κ1) is 11.3. The van der Waals surface area contributed by atoms with Gasteiger partial charge >= 0.3 is 6.43 Å². The van der Waals surface area contributed by atoms with E-state index < -0.39 is 24.2 Å². The highest BCUT2D eigenvalue weighted by Gasteiger charge is 2.43. The summed E-state index contributed by atoms with van der Waals surface area (Å²) in [6.45, 7) is -0.365. The smallest absolute Gasteiger partial charge is 0.315 e. The zero-order valence-electron chi connectivity index (χ0n) is 7.40. The van der Waals surface area contributed by atoms with Gasteiger partial charge < -0.3 is 5.32 Å². The van der Waals surface area contributed by atoms with E-state index in [0.717, 1.165) is 0 Å². The van der Waals surface area contributed by atoms with E-state index in [9.17, 15) is 22.4 Å². The quantitative estimate of drug-likeness (QED) is 0.711. The molecule has 82 valence electrons. The van der Waals surface area contributed by atoms with Crippen LogP contribution >= 0.6 is 0 Å². The lowest BCUT2D eigenvalue weighted by Crippen LogP contribution is -2.38. The molecule has 0 bridgehead atoms. The number of carbonyl (C=O) groups excluding carboxylic acids is 1. The van der Waals surface area contributed by atoms with E-state index >= 15 is 0 Å². The molecule has 0 aromatic carbocycles. The summed E-state index contributed by atoms with van der Waals surface area (Å²) in [5.41, 5.74) is 0. The molecule has 0 saturated heterocycles. The molecule has 1 unspecified atom stereocenters. The van der Waals surface area contributed by atoms with Crippen LogP contribution in [0.1, 0.15) is 19.3 Å². The van der Waals surface area contributed by atoms with Gasteiger partial charge in [0.2, 0.25) is 0 Å². The third-order valence-electron chi connectivity index (χ3n) is 2.38. The highest BCUT2D eigenvalue weighted by Crippen LogP contribution is 2.39. The minimum Gasteiger partial charge on any atom is -0.351 e. The molecule has 1 N–H and O–H groups in total. The molecule has 0 aromatic heterocycles. The van der Waals surface area contributed by atoms with Crippen molar-refractivity contribution < 1.29 is 22.4 Å². The highest BCUT2D eigenvalue weighted by molar-refractivity contribution is 5.79. The molecule has 0 radical (unpaired) electrons. The maximum Gasteiger partial charge on any atom is 0.315 e. The van der Waals surface area contributed by atoms with E-state index in [4.69, 9.17) is 0 Å². The second-order valence-corrected chi connectivity index (χ2v) is 3.40. The summed E-state index contributed by atoms with van der Waals surface area (Å²) in [4.78, 5) is 10.4. The first-order chi connectivity index (χ1) is 6.43. The molecule has 6 heteroatoms. The fourth-order valence-electron chi connectivity index (χ4n) is 1.55. The summed E-state index contributed by atoms with van der Waals surface area (Å²) in [7, 11) is 0. The number of carbonyl (C=O) groups is 1. The van der Waals surface area contributed by atoms with Crippen molar-refractivity contribution in [3.05, 3.63) is 0 Å². The van der Waals surface area contributed by atoms with Crippen LogP contribution in [-0.2, 0) is 4.79 Å². The zero-order valence-corrected chi connectivity index (χ0v) is 7.40. The van der Waals surface area contributed by atoms with Crippen molar-refractivity contribution >= 4 is 5.91 Å². The van der Waals surface area contributed by atoms with E-state index in [1.54, 1.807) is 0 Å². The molecular weight excluding hydrogens is 202 g/mol. The number of alkyl halides is 4. The predicted molar refractivity (Wildman–Crippen MR) is 41.3 cm³/mol. The first-order valence-corrected chi connectivity index (χ1v) is 4.37. The molecule has 0 heterocycles. The average molecular weight is 213 g/mol. The Morgan fingerprint density at radius 1 is 1.50 bits per heavy atom. The first-order valence-electron chi connectivity index (χ1n) is 4.37. The fourth-order valence-corrected chi connectivity index (χ4v) is 1.55. The molecule has 2 nitrogen and oxygen atoms in total. The summed E-state index contributed by atoms with van der Waals surface area (Å²) >= 11 is 0. The van der Waals surface area contributed by atoms with Crippen molar-refractivity contribution in [1.29, 1.82) is 0 Å². The van der Waals surface area contributed by atoms with E-state index in [1.165, 1.54) is 0 Å². The molecular formula is C8H11F4NO. The third kappa shape index (κ3) is 2.59. The van der Waals surface area contributed by atoms with Gasteiger partial charge in [0.1, 0.15) is 0 Å². The zero-order chi connectivity index (χ0) is 10.8. The Hall–Kier alpha value is -0.810. The van der Waals surface area contributed by atoms with Crippen LogP contribution in [0, 0.1) is 5.92 Å². The molecule has 1 aliphatic rings. The van der Waals surface area contributed by atoms with Gasteiger partial charge in [-0.15, -0.1) is 0 Å². The number of rotatable bonds is 3. The van der Waals surface area contributed by atoms with Crippen LogP contribution in [0.2, 0.25) is 0 Å². The number of nitrogens with one attached hydrogen (secondary N) is 1. The summed E-state index contributed by atoms with van der Waals surface area (Å²) in [6.07, 6.45) is -2.70. The van der Waals surface area contributed by atoms with Crippen molar-refractivity contribution in [1.82, 2.24) is 5.32 Å². The molecule has 1 fully saturated rings. The van der Waals surface area contributed by atoms with Gasteiger partial charge in [-0.2, -0.15) is 8.78 Å². The van der Waals surface area contributed by atoms with Gasteiger partial charge in [0.25, 0.3) is 11.8 Å². The minimum absolute atomic E-state index is 0.220. The predicted octanol–water partition coefficient (Wildman–Crippen LogP) is 1.80. The van der Waals surface area contributed by atoms with Crippen LogP contribution in [0.3, 0.4) is 0 Å². The molecule has 0 spiro atoms. The second kappa shape index (κ2) is 4.14. The SMILES string of the molecule is O=C(NCC1CCCC1(F)F)C(F)F. The van der Waals surface area contributed by atoms with Crippen LogP contribution in [-0.4, -0.2) is 24.8 Å². The Bertz CT molecular complexity index is 219. The van der Waals surface area contributed by atoms with Crippen LogP contribution in [0.5, 0.6) is 0 Å². The van der Waals surface area contributed by atoms with Crippen molar-refractivity contribution in [3.63, 3.8) is 0 Å². The van der Waals surface area contributed by atoms with Gasteiger partial charge in [-0.3, -0.25) is 4.79 Å². The van der Waals surface area contributed by atoms with Crippen LogP contribution in [0.4, 0.5) is 17.6 Å². The van der Waals surface area contributed by atoms with Gasteiger partial charge in [-0.1, -0.05) is 0 Å². The summed E-state index contributed by atoms with van der Waals surface area (Å²) < 4.78 is 49.2. The molecule has 1 rings (SSSR count). The van der Waals surface area contributed by atoms with E-state index in [-0.39, 0.29) is 19.4 Å². The van der Waals surface area contributed by atoms with Gasteiger partial charge in [-0.25, -0.2) is 8.78 Å². The number of amides is 1. The Kier molecular flexibility index (Phi) is 3.34. The normalized spacial score (nSPS) is 25.4. The number of hydrogen-bond donors (Lipinski definition) is 1. The Morgan fingerprint density at radius 3 is 2.57 bits per heavy atom. The number of halogens is 4. The van der Waals surface area contributed by atoms with Crippen LogP contribution < -0.4 is 5.32 Å². The van der Waals surface area contributed by atoms with Crippen molar-refractivity contribution in [2.24, 2.45) is 5.92 Å². The van der Waals surface area contributed by atoms with Crippen LogP contribution in [0.25, 0.3) is 0 Å². The molecule has 1 aliphatic carbocycles. The van der Waals surface area contributed by atoms with Gasteiger partial charge in [0, 0.05) is 18.9 Å². The largest absolute Gasteiger partial charge is 0.351 e. The molecule has 1 amide bonds. The highest BCUT2D eigenvalue weighted by atomic mass is 19.3. The lowest BCUT2D eigenvalue weighted by atomic mass is 10.1. The molecule has 14 heavy (non-hydrogen) atoms. The lowest BCUT2D eigenvalue weighted by molar-refractivity contribution is -0.132. The van der Waals surface area contributed by atoms with E-state index in [0.29, 0.717) is 6.42 Å². The van der Waals surface area contributed by atoms with Gasteiger partial charge in [0.05, 0.1) is 0 Å². The Balaban J connectivity index is 2.35. The standard InChI is InChI=1S/C8H11F4NO/c9-6(10)7(14)13-4-5-2-1-3-8(5,11)12/h5-6H,1-4H2,(H,13,14). The lowest BCUT2D eigenvalue weighted by Gasteiger charge is -2.18. The summed E-state index contributed by atoms with van der Waals surface area (Å²) in [5, 5.41) is 1.81. The van der Waals surface area contributed by atoms with Crippen LogP contribution in [0.15, 0.2) is 0 Å². The molecule has 1 saturated carbocycles. The Morgan fingerprint density at radius 2 is 2.14 bits per heavy atom. The maximum absolute atomic E-state index is 12.9. The van der Waals surface area contributed by atoms with Crippen molar-refractivity contribution in [2.75, 3.05) is 6.54 Å².